The summed E-state index contributed by atoms with van der Waals surface area (Å²) in [5.41, 5.74) is 6.08. The lowest BCUT2D eigenvalue weighted by atomic mass is 10.1. The van der Waals surface area contributed by atoms with E-state index in [1.807, 2.05) is 18.4 Å². The fourth-order valence-electron chi connectivity index (χ4n) is 1.89. The number of nitrogens with two attached hydrogens (primary N) is 1. The fraction of sp³-hybridized carbons (Fsp3) is 0.462. The van der Waals surface area contributed by atoms with E-state index in [-0.39, 0.29) is 18.1 Å². The number of hydrogen-bond donors (Lipinski definition) is 2. The number of hydrogen-bond acceptors (Lipinski definition) is 4. The highest BCUT2D eigenvalue weighted by atomic mass is 32.1. The smallest absolute Gasteiger partial charge is 0.262 e. The molecule has 0 bridgehead atoms. The standard InChI is InChI=1S/C13H16N2O2S/c1-9-11(4-7-17-9)15-13(16)12-10(3-2-6-14)5-8-18-12/h5,8-9,11H,4,6-7,14H2,1H3,(H,15,16). The highest BCUT2D eigenvalue weighted by Crippen LogP contribution is 2.18. The molecule has 1 amide bonds. The Morgan fingerprint density at radius 2 is 2.56 bits per heavy atom. The molecule has 0 spiro atoms. The largest absolute Gasteiger partial charge is 0.376 e. The highest BCUT2D eigenvalue weighted by molar-refractivity contribution is 7.12. The van der Waals surface area contributed by atoms with Crippen molar-refractivity contribution in [3.63, 3.8) is 0 Å². The van der Waals surface area contributed by atoms with Gasteiger partial charge in [-0.3, -0.25) is 4.79 Å². The van der Waals surface area contributed by atoms with Crippen LogP contribution in [0.2, 0.25) is 0 Å². The molecule has 0 radical (unpaired) electrons. The maximum atomic E-state index is 12.1. The Kier molecular flexibility index (Phi) is 4.37. The van der Waals surface area contributed by atoms with Gasteiger partial charge in [0.1, 0.15) is 4.88 Å². The molecule has 1 aromatic heterocycles. The minimum absolute atomic E-state index is 0.0753. The van der Waals surface area contributed by atoms with Crippen LogP contribution in [0.5, 0.6) is 0 Å². The quantitative estimate of drug-likeness (QED) is 0.782. The predicted octanol–water partition coefficient (Wildman–Crippen LogP) is 0.966. The Morgan fingerprint density at radius 3 is 3.22 bits per heavy atom. The summed E-state index contributed by atoms with van der Waals surface area (Å²) in [6, 6.07) is 1.94. The van der Waals surface area contributed by atoms with Crippen LogP contribution in [0, 0.1) is 11.8 Å². The van der Waals surface area contributed by atoms with Crippen LogP contribution in [-0.4, -0.2) is 31.2 Å². The van der Waals surface area contributed by atoms with E-state index in [0.717, 1.165) is 12.0 Å². The van der Waals surface area contributed by atoms with Crippen molar-refractivity contribution in [2.75, 3.05) is 13.2 Å². The van der Waals surface area contributed by atoms with Gasteiger partial charge in [0.05, 0.1) is 18.7 Å². The minimum Gasteiger partial charge on any atom is -0.376 e. The molecular weight excluding hydrogens is 248 g/mol. The zero-order valence-electron chi connectivity index (χ0n) is 10.2. The summed E-state index contributed by atoms with van der Waals surface area (Å²) in [7, 11) is 0. The molecule has 2 heterocycles. The van der Waals surface area contributed by atoms with Gasteiger partial charge in [-0.15, -0.1) is 11.3 Å². The Balaban J connectivity index is 2.07. The molecule has 1 aromatic rings. The molecule has 2 rings (SSSR count). The molecule has 96 valence electrons. The molecule has 2 atom stereocenters. The van der Waals surface area contributed by atoms with Gasteiger partial charge in [-0.1, -0.05) is 11.8 Å². The lowest BCUT2D eigenvalue weighted by molar-refractivity contribution is 0.0869. The number of carbonyl (C=O) groups excluding carboxylic acids is 1. The van der Waals surface area contributed by atoms with Gasteiger partial charge in [0.25, 0.3) is 5.91 Å². The van der Waals surface area contributed by atoms with Crippen LogP contribution >= 0.6 is 11.3 Å². The topological polar surface area (TPSA) is 64.3 Å². The highest BCUT2D eigenvalue weighted by Gasteiger charge is 2.26. The summed E-state index contributed by atoms with van der Waals surface area (Å²) in [4.78, 5) is 12.8. The van der Waals surface area contributed by atoms with Crippen molar-refractivity contribution >= 4 is 17.2 Å². The molecule has 5 heteroatoms. The van der Waals surface area contributed by atoms with E-state index in [9.17, 15) is 4.79 Å². The molecule has 3 N–H and O–H groups in total. The zero-order valence-corrected chi connectivity index (χ0v) is 11.0. The Morgan fingerprint density at radius 1 is 1.72 bits per heavy atom. The number of ether oxygens (including phenoxy) is 1. The predicted molar refractivity (Wildman–Crippen MR) is 71.5 cm³/mol. The first-order valence-electron chi connectivity index (χ1n) is 5.91. The third-order valence-corrected chi connectivity index (χ3v) is 3.80. The van der Waals surface area contributed by atoms with E-state index in [4.69, 9.17) is 10.5 Å². The second-order valence-corrected chi connectivity index (χ2v) is 5.03. The van der Waals surface area contributed by atoms with Crippen molar-refractivity contribution in [2.45, 2.75) is 25.5 Å². The summed E-state index contributed by atoms with van der Waals surface area (Å²) in [5.74, 6) is 5.61. The monoisotopic (exact) mass is 264 g/mol. The van der Waals surface area contributed by atoms with E-state index in [1.165, 1.54) is 11.3 Å². The lowest BCUT2D eigenvalue weighted by Crippen LogP contribution is -2.39. The zero-order chi connectivity index (χ0) is 13.0. The third-order valence-electron chi connectivity index (χ3n) is 2.89. The first-order valence-corrected chi connectivity index (χ1v) is 6.79. The van der Waals surface area contributed by atoms with Gasteiger partial charge >= 0.3 is 0 Å². The molecule has 1 aliphatic heterocycles. The third kappa shape index (κ3) is 2.91. The van der Waals surface area contributed by atoms with Crippen LogP contribution in [0.1, 0.15) is 28.6 Å². The molecule has 0 aliphatic carbocycles. The molecule has 18 heavy (non-hydrogen) atoms. The number of carbonyl (C=O) groups is 1. The van der Waals surface area contributed by atoms with Gasteiger partial charge < -0.3 is 15.8 Å². The molecule has 4 nitrogen and oxygen atoms in total. The lowest BCUT2D eigenvalue weighted by Gasteiger charge is -2.15. The average molecular weight is 264 g/mol. The first-order chi connectivity index (χ1) is 8.72. The molecule has 0 aromatic carbocycles. The van der Waals surface area contributed by atoms with Crippen molar-refractivity contribution in [1.82, 2.24) is 5.32 Å². The van der Waals surface area contributed by atoms with E-state index in [0.29, 0.717) is 18.0 Å². The molecular formula is C13H16N2O2S. The van der Waals surface area contributed by atoms with Gasteiger partial charge in [-0.25, -0.2) is 0 Å². The van der Waals surface area contributed by atoms with E-state index >= 15 is 0 Å². The van der Waals surface area contributed by atoms with Crippen LogP contribution in [0.4, 0.5) is 0 Å². The van der Waals surface area contributed by atoms with Crippen molar-refractivity contribution in [2.24, 2.45) is 5.73 Å². The Labute approximate surface area is 111 Å². The van der Waals surface area contributed by atoms with Crippen molar-refractivity contribution < 1.29 is 9.53 Å². The summed E-state index contributed by atoms with van der Waals surface area (Å²) in [6.07, 6.45) is 0.940. The minimum atomic E-state index is -0.0753. The Bertz CT molecular complexity index is 487. The van der Waals surface area contributed by atoms with Gasteiger partial charge in [0.2, 0.25) is 0 Å². The summed E-state index contributed by atoms with van der Waals surface area (Å²) >= 11 is 1.40. The molecule has 1 fully saturated rings. The van der Waals surface area contributed by atoms with Crippen molar-refractivity contribution in [3.8, 4) is 11.8 Å². The number of rotatable bonds is 2. The molecule has 0 saturated carbocycles. The van der Waals surface area contributed by atoms with Crippen LogP contribution in [0.15, 0.2) is 11.4 Å². The normalized spacial score (nSPS) is 22.3. The Hall–Kier alpha value is -1.35. The van der Waals surface area contributed by atoms with E-state index in [1.54, 1.807) is 0 Å². The molecule has 1 aliphatic rings. The van der Waals surface area contributed by atoms with Crippen molar-refractivity contribution in [3.05, 3.63) is 21.9 Å². The number of thiophene rings is 1. The maximum Gasteiger partial charge on any atom is 0.262 e. The second-order valence-electron chi connectivity index (χ2n) is 4.11. The SMILES string of the molecule is CC1OCCC1NC(=O)c1sccc1C#CCN. The fourth-order valence-corrected chi connectivity index (χ4v) is 2.64. The van der Waals surface area contributed by atoms with Crippen molar-refractivity contribution in [1.29, 1.82) is 0 Å². The van der Waals surface area contributed by atoms with E-state index in [2.05, 4.69) is 17.2 Å². The van der Waals surface area contributed by atoms with Gasteiger partial charge in [-0.2, -0.15) is 0 Å². The van der Waals surface area contributed by atoms with Crippen LogP contribution in [0.3, 0.4) is 0 Å². The summed E-state index contributed by atoms with van der Waals surface area (Å²) in [6.45, 7) is 2.97. The molecule has 2 unspecified atom stereocenters. The number of amides is 1. The van der Waals surface area contributed by atoms with Crippen LogP contribution in [0.25, 0.3) is 0 Å². The average Bonchev–Trinajstić information content (AvgIpc) is 2.96. The summed E-state index contributed by atoms with van der Waals surface area (Å²) in [5, 5.41) is 4.86. The van der Waals surface area contributed by atoms with Gasteiger partial charge in [0, 0.05) is 12.2 Å². The van der Waals surface area contributed by atoms with Crippen LogP contribution in [-0.2, 0) is 4.74 Å². The summed E-state index contributed by atoms with van der Waals surface area (Å²) < 4.78 is 5.42. The van der Waals surface area contributed by atoms with Gasteiger partial charge in [-0.05, 0) is 24.8 Å². The van der Waals surface area contributed by atoms with Gasteiger partial charge in [0.15, 0.2) is 0 Å². The molecule has 1 saturated heterocycles. The number of nitrogens with one attached hydrogen (secondary N) is 1. The van der Waals surface area contributed by atoms with Crippen LogP contribution < -0.4 is 11.1 Å². The van der Waals surface area contributed by atoms with E-state index < -0.39 is 0 Å². The first kappa shape index (κ1) is 13.1. The maximum absolute atomic E-state index is 12.1. The second kappa shape index (κ2) is 6.01.